The fourth-order valence-electron chi connectivity index (χ4n) is 2.70. The molecule has 7 nitrogen and oxygen atoms in total. The lowest BCUT2D eigenvalue weighted by atomic mass is 10.1. The molecule has 154 valence electrons. The van der Waals surface area contributed by atoms with Crippen LogP contribution in [0.25, 0.3) is 16.5 Å². The van der Waals surface area contributed by atoms with Crippen molar-refractivity contribution < 1.29 is 18.1 Å². The number of ketones is 1. The molecule has 1 aromatic heterocycles. The zero-order chi connectivity index (χ0) is 21.9. The Labute approximate surface area is 178 Å². The highest BCUT2D eigenvalue weighted by Gasteiger charge is 2.18. The van der Waals surface area contributed by atoms with Crippen LogP contribution in [0.3, 0.4) is 0 Å². The van der Waals surface area contributed by atoms with Gasteiger partial charge in [-0.15, -0.1) is 11.3 Å². The van der Waals surface area contributed by atoms with Gasteiger partial charge >= 0.3 is 0 Å². The number of sulfonamides is 1. The normalized spacial score (nSPS) is 11.8. The van der Waals surface area contributed by atoms with Gasteiger partial charge in [-0.1, -0.05) is 24.3 Å². The van der Waals surface area contributed by atoms with Crippen LogP contribution in [0.1, 0.15) is 15.2 Å². The fraction of sp³-hybridized carbons (Fsp3) is 0.0952. The van der Waals surface area contributed by atoms with Crippen molar-refractivity contribution in [2.45, 2.75) is 4.90 Å². The molecule has 0 unspecified atom stereocenters. The van der Waals surface area contributed by atoms with E-state index in [-0.39, 0.29) is 21.9 Å². The standard InChI is InChI=1S/C21H18N2O5S2/c1-22(2)30(27,28)17-7-5-6-15(14-17)20(24)12-10-16-11-13-21(29-16)18-8-3-4-9-19(18)23(25)26/h3-14H,1-2H3/b12-10+. The summed E-state index contributed by atoms with van der Waals surface area (Å²) in [5.74, 6) is -0.341. The highest BCUT2D eigenvalue weighted by atomic mass is 32.2. The Morgan fingerprint density at radius 2 is 1.80 bits per heavy atom. The fourth-order valence-corrected chi connectivity index (χ4v) is 4.60. The second-order valence-electron chi connectivity index (χ2n) is 6.49. The number of hydrogen-bond acceptors (Lipinski definition) is 6. The van der Waals surface area contributed by atoms with E-state index in [1.54, 1.807) is 42.5 Å². The van der Waals surface area contributed by atoms with Crippen molar-refractivity contribution >= 4 is 38.9 Å². The Morgan fingerprint density at radius 3 is 2.50 bits per heavy atom. The molecule has 0 spiro atoms. The molecule has 0 aliphatic heterocycles. The van der Waals surface area contributed by atoms with Crippen molar-refractivity contribution in [3.05, 3.63) is 87.3 Å². The zero-order valence-electron chi connectivity index (χ0n) is 16.2. The Morgan fingerprint density at radius 1 is 1.07 bits per heavy atom. The lowest BCUT2D eigenvalue weighted by molar-refractivity contribution is -0.384. The van der Waals surface area contributed by atoms with Crippen molar-refractivity contribution in [1.82, 2.24) is 4.31 Å². The Hall–Kier alpha value is -3.14. The summed E-state index contributed by atoms with van der Waals surface area (Å²) in [6.07, 6.45) is 2.97. The maximum absolute atomic E-state index is 12.5. The second kappa shape index (κ2) is 8.70. The van der Waals surface area contributed by atoms with E-state index in [0.717, 1.165) is 9.18 Å². The van der Waals surface area contributed by atoms with Crippen LogP contribution in [-0.4, -0.2) is 37.5 Å². The van der Waals surface area contributed by atoms with Gasteiger partial charge in [0.2, 0.25) is 10.0 Å². The highest BCUT2D eigenvalue weighted by molar-refractivity contribution is 7.89. The minimum atomic E-state index is -3.63. The Kier molecular flexibility index (Phi) is 6.25. The lowest BCUT2D eigenvalue weighted by Crippen LogP contribution is -2.22. The summed E-state index contributed by atoms with van der Waals surface area (Å²) in [5, 5.41) is 11.2. The number of nitro groups is 1. The predicted octanol–water partition coefficient (Wildman–Crippen LogP) is 4.47. The lowest BCUT2D eigenvalue weighted by Gasteiger charge is -2.11. The monoisotopic (exact) mass is 442 g/mol. The molecule has 9 heteroatoms. The van der Waals surface area contributed by atoms with E-state index in [1.807, 2.05) is 0 Å². The van der Waals surface area contributed by atoms with Crippen molar-refractivity contribution in [2.24, 2.45) is 0 Å². The highest BCUT2D eigenvalue weighted by Crippen LogP contribution is 2.35. The molecular formula is C21H18N2O5S2. The molecule has 3 aromatic rings. The number of rotatable bonds is 7. The first-order valence-corrected chi connectivity index (χ1v) is 11.0. The molecule has 0 bridgehead atoms. The molecule has 0 amide bonds. The SMILES string of the molecule is CN(C)S(=O)(=O)c1cccc(C(=O)/C=C/c2ccc(-c3ccccc3[N+](=O)[O-])s2)c1. The van der Waals surface area contributed by atoms with Crippen LogP contribution in [0.2, 0.25) is 0 Å². The molecule has 0 radical (unpaired) electrons. The first kappa shape index (κ1) is 21.6. The van der Waals surface area contributed by atoms with Crippen LogP contribution < -0.4 is 0 Å². The minimum absolute atomic E-state index is 0.0184. The van der Waals surface area contributed by atoms with Gasteiger partial charge < -0.3 is 0 Å². The van der Waals surface area contributed by atoms with Crippen LogP contribution in [0.4, 0.5) is 5.69 Å². The van der Waals surface area contributed by atoms with E-state index in [4.69, 9.17) is 0 Å². The summed E-state index contributed by atoms with van der Waals surface area (Å²) in [5.41, 5.74) is 0.787. The minimum Gasteiger partial charge on any atom is -0.289 e. The third-order valence-corrected chi connectivity index (χ3v) is 7.18. The number of carbonyl (C=O) groups is 1. The number of nitro benzene ring substituents is 1. The third kappa shape index (κ3) is 4.54. The van der Waals surface area contributed by atoms with Crippen molar-refractivity contribution in [1.29, 1.82) is 0 Å². The Balaban J connectivity index is 1.83. The number of hydrogen-bond donors (Lipinski definition) is 0. The summed E-state index contributed by atoms with van der Waals surface area (Å²) in [7, 11) is -0.783. The quantitative estimate of drug-likeness (QED) is 0.233. The Bertz CT molecular complexity index is 1240. The van der Waals surface area contributed by atoms with Crippen LogP contribution in [-0.2, 0) is 10.0 Å². The van der Waals surface area contributed by atoms with E-state index < -0.39 is 14.9 Å². The summed E-state index contributed by atoms with van der Waals surface area (Å²) in [6.45, 7) is 0. The molecule has 1 heterocycles. The molecule has 0 N–H and O–H groups in total. The number of allylic oxidation sites excluding steroid dienone is 1. The van der Waals surface area contributed by atoms with Crippen LogP contribution in [0.15, 0.2) is 71.6 Å². The molecule has 0 saturated heterocycles. The third-order valence-electron chi connectivity index (χ3n) is 4.29. The van der Waals surface area contributed by atoms with Gasteiger partial charge in [0, 0.05) is 35.5 Å². The smallest absolute Gasteiger partial charge is 0.278 e. The van der Waals surface area contributed by atoms with Gasteiger partial charge in [0.25, 0.3) is 5.69 Å². The van der Waals surface area contributed by atoms with Crippen molar-refractivity contribution in [2.75, 3.05) is 14.1 Å². The molecule has 2 aromatic carbocycles. The van der Waals surface area contributed by atoms with Crippen LogP contribution >= 0.6 is 11.3 Å². The van der Waals surface area contributed by atoms with E-state index >= 15 is 0 Å². The van der Waals surface area contributed by atoms with Gasteiger partial charge in [0.15, 0.2) is 5.78 Å². The van der Waals surface area contributed by atoms with Gasteiger partial charge in [-0.3, -0.25) is 14.9 Å². The maximum Gasteiger partial charge on any atom is 0.278 e. The van der Waals surface area contributed by atoms with Gasteiger partial charge in [-0.25, -0.2) is 12.7 Å². The van der Waals surface area contributed by atoms with Crippen LogP contribution in [0.5, 0.6) is 0 Å². The van der Waals surface area contributed by atoms with Gasteiger partial charge in [0.05, 0.1) is 15.4 Å². The zero-order valence-corrected chi connectivity index (χ0v) is 17.8. The van der Waals surface area contributed by atoms with E-state index in [0.29, 0.717) is 10.4 Å². The number of carbonyl (C=O) groups excluding carboxylic acids is 1. The molecule has 0 aliphatic carbocycles. The van der Waals surface area contributed by atoms with Crippen molar-refractivity contribution in [3.8, 4) is 10.4 Å². The summed E-state index contributed by atoms with van der Waals surface area (Å²) >= 11 is 1.32. The van der Waals surface area contributed by atoms with E-state index in [9.17, 15) is 23.3 Å². The molecule has 3 rings (SSSR count). The average Bonchev–Trinajstić information content (AvgIpc) is 3.21. The van der Waals surface area contributed by atoms with Gasteiger partial charge in [-0.05, 0) is 42.5 Å². The number of thiophene rings is 1. The number of benzene rings is 2. The summed E-state index contributed by atoms with van der Waals surface area (Å²) in [4.78, 5) is 24.8. The number of para-hydroxylation sites is 1. The molecule has 0 fully saturated rings. The topological polar surface area (TPSA) is 97.6 Å². The summed E-state index contributed by atoms with van der Waals surface area (Å²) < 4.78 is 25.6. The predicted molar refractivity (Wildman–Crippen MR) is 117 cm³/mol. The molecule has 30 heavy (non-hydrogen) atoms. The first-order chi connectivity index (χ1) is 14.2. The number of nitrogens with zero attached hydrogens (tertiary/aromatic N) is 2. The maximum atomic E-state index is 12.5. The summed E-state index contributed by atoms with van der Waals surface area (Å²) in [6, 6.07) is 15.9. The van der Waals surface area contributed by atoms with E-state index in [2.05, 4.69) is 0 Å². The molecule has 0 aliphatic rings. The molecular weight excluding hydrogens is 424 g/mol. The molecule has 0 atom stereocenters. The van der Waals surface area contributed by atoms with Crippen LogP contribution in [0, 0.1) is 10.1 Å². The largest absolute Gasteiger partial charge is 0.289 e. The first-order valence-electron chi connectivity index (χ1n) is 8.79. The average molecular weight is 443 g/mol. The van der Waals surface area contributed by atoms with Gasteiger partial charge in [0.1, 0.15) is 0 Å². The van der Waals surface area contributed by atoms with Gasteiger partial charge in [-0.2, -0.15) is 0 Å². The van der Waals surface area contributed by atoms with Crippen molar-refractivity contribution in [3.63, 3.8) is 0 Å². The molecule has 0 saturated carbocycles. The second-order valence-corrected chi connectivity index (χ2v) is 9.76. The van der Waals surface area contributed by atoms with E-state index in [1.165, 1.54) is 55.8 Å².